The van der Waals surface area contributed by atoms with Crippen molar-refractivity contribution < 1.29 is 19.1 Å². The van der Waals surface area contributed by atoms with Gasteiger partial charge in [0.25, 0.3) is 0 Å². The molecule has 0 bridgehead atoms. The van der Waals surface area contributed by atoms with E-state index in [4.69, 9.17) is 4.74 Å². The average molecular weight is 476 g/mol. The molecule has 0 saturated carbocycles. The van der Waals surface area contributed by atoms with Crippen LogP contribution in [0.3, 0.4) is 0 Å². The summed E-state index contributed by atoms with van der Waals surface area (Å²) in [5, 5.41) is 5.68. The van der Waals surface area contributed by atoms with Crippen LogP contribution < -0.4 is 10.6 Å². The number of carbonyl (C=O) groups excluding carboxylic acids is 3. The van der Waals surface area contributed by atoms with Crippen molar-refractivity contribution in [1.29, 1.82) is 0 Å². The zero-order chi connectivity index (χ0) is 25.9. The van der Waals surface area contributed by atoms with Gasteiger partial charge in [-0.25, -0.2) is 4.79 Å². The lowest BCUT2D eigenvalue weighted by Crippen LogP contribution is -2.52. The number of nitrogens with zero attached hydrogens (tertiary/aromatic N) is 1. The average Bonchev–Trinajstić information content (AvgIpc) is 2.74. The second-order valence-electron chi connectivity index (χ2n) is 9.94. The molecule has 3 amide bonds. The van der Waals surface area contributed by atoms with Crippen molar-refractivity contribution in [1.82, 2.24) is 15.5 Å². The molecule has 0 fully saturated rings. The summed E-state index contributed by atoms with van der Waals surface area (Å²) in [6.45, 7) is 16.1. The van der Waals surface area contributed by atoms with E-state index in [0.29, 0.717) is 13.1 Å². The van der Waals surface area contributed by atoms with Crippen molar-refractivity contribution in [2.75, 3.05) is 13.1 Å². The summed E-state index contributed by atoms with van der Waals surface area (Å²) in [5.74, 6) is -0.507. The highest BCUT2D eigenvalue weighted by atomic mass is 16.6. The molecule has 2 atom stereocenters. The van der Waals surface area contributed by atoms with Crippen LogP contribution in [0.4, 0.5) is 4.79 Å². The van der Waals surface area contributed by atoms with E-state index in [9.17, 15) is 14.4 Å². The summed E-state index contributed by atoms with van der Waals surface area (Å²) in [6, 6.07) is 4.21. The molecule has 1 aromatic carbocycles. The number of hydrogen-bond acceptors (Lipinski definition) is 4. The second kappa shape index (κ2) is 14.0. The van der Waals surface area contributed by atoms with Gasteiger partial charge >= 0.3 is 6.09 Å². The molecule has 0 aliphatic rings. The van der Waals surface area contributed by atoms with E-state index in [1.54, 1.807) is 32.6 Å². The predicted molar refractivity (Wildman–Crippen MR) is 137 cm³/mol. The Morgan fingerprint density at radius 3 is 2.26 bits per heavy atom. The number of hydrogen-bond donors (Lipinski definition) is 2. The summed E-state index contributed by atoms with van der Waals surface area (Å²) in [7, 11) is 0. The quantitative estimate of drug-likeness (QED) is 0.407. The van der Waals surface area contributed by atoms with Crippen LogP contribution in [0.25, 0.3) is 0 Å². The summed E-state index contributed by atoms with van der Waals surface area (Å²) in [4.78, 5) is 41.0. The predicted octanol–water partition coefficient (Wildman–Crippen LogP) is 5.19. The van der Waals surface area contributed by atoms with Gasteiger partial charge in [-0.05, 0) is 71.1 Å². The number of unbranched alkanes of at least 4 members (excludes halogenated alkanes) is 3. The molecule has 2 N–H and O–H groups in total. The summed E-state index contributed by atoms with van der Waals surface area (Å²) < 4.78 is 5.32. The second-order valence-corrected chi connectivity index (χ2v) is 9.94. The van der Waals surface area contributed by atoms with E-state index in [1.807, 2.05) is 39.0 Å². The Labute approximate surface area is 206 Å². The van der Waals surface area contributed by atoms with Gasteiger partial charge in [0.1, 0.15) is 17.7 Å². The summed E-state index contributed by atoms with van der Waals surface area (Å²) >= 11 is 0. The topological polar surface area (TPSA) is 87.7 Å². The molecular weight excluding hydrogens is 430 g/mol. The van der Waals surface area contributed by atoms with Gasteiger partial charge in [-0.1, -0.05) is 51.3 Å². The van der Waals surface area contributed by atoms with Crippen LogP contribution >= 0.6 is 0 Å². The number of amides is 3. The van der Waals surface area contributed by atoms with Gasteiger partial charge in [0.2, 0.25) is 11.8 Å². The lowest BCUT2D eigenvalue weighted by atomic mass is 9.95. The van der Waals surface area contributed by atoms with Crippen molar-refractivity contribution in [2.24, 2.45) is 0 Å². The van der Waals surface area contributed by atoms with Crippen LogP contribution in [0.15, 0.2) is 18.2 Å². The normalized spacial score (nSPS) is 13.1. The zero-order valence-corrected chi connectivity index (χ0v) is 22.4. The molecule has 0 spiro atoms. The largest absolute Gasteiger partial charge is 0.444 e. The lowest BCUT2D eigenvalue weighted by molar-refractivity contribution is -0.142. The van der Waals surface area contributed by atoms with E-state index in [1.165, 1.54) is 0 Å². The molecule has 7 nitrogen and oxygen atoms in total. The number of alkyl carbamates (subject to hydrolysis) is 1. The SMILES string of the molecule is CCCCCNC(=O)C(c1cccc(C)c1C)N(CCCC)C(=O)C(C)NC(=O)OC(C)(C)C. The molecule has 0 aliphatic carbocycles. The van der Waals surface area contributed by atoms with Crippen molar-refractivity contribution in [2.45, 2.75) is 105 Å². The van der Waals surface area contributed by atoms with Crippen LogP contribution in [-0.4, -0.2) is 47.5 Å². The molecule has 0 heterocycles. The molecule has 7 heteroatoms. The van der Waals surface area contributed by atoms with Gasteiger partial charge in [0.15, 0.2) is 0 Å². The maximum Gasteiger partial charge on any atom is 0.408 e. The standard InChI is InChI=1S/C27H45N3O4/c1-9-11-13-17-28-24(31)23(22-16-14-15-19(3)20(22)4)30(18-12-10-2)25(32)21(5)29-26(33)34-27(6,7)8/h14-16,21,23H,9-13,17-18H2,1-8H3,(H,28,31)(H,29,33). The molecule has 1 aromatic rings. The maximum absolute atomic E-state index is 13.6. The molecule has 192 valence electrons. The highest BCUT2D eigenvalue weighted by Crippen LogP contribution is 2.27. The van der Waals surface area contributed by atoms with E-state index in [0.717, 1.165) is 48.8 Å². The molecule has 0 aliphatic heterocycles. The van der Waals surface area contributed by atoms with Gasteiger partial charge < -0.3 is 20.3 Å². The Bertz CT molecular complexity index is 817. The molecular formula is C27H45N3O4. The summed E-state index contributed by atoms with van der Waals surface area (Å²) in [6.07, 6.45) is 3.94. The van der Waals surface area contributed by atoms with Crippen LogP contribution in [-0.2, 0) is 14.3 Å². The number of ether oxygens (including phenoxy) is 1. The molecule has 2 unspecified atom stereocenters. The van der Waals surface area contributed by atoms with E-state index in [-0.39, 0.29) is 11.8 Å². The van der Waals surface area contributed by atoms with Gasteiger partial charge in [0.05, 0.1) is 0 Å². The molecule has 0 aromatic heterocycles. The lowest BCUT2D eigenvalue weighted by Gasteiger charge is -2.34. The van der Waals surface area contributed by atoms with E-state index < -0.39 is 23.8 Å². The van der Waals surface area contributed by atoms with Gasteiger partial charge in [-0.3, -0.25) is 9.59 Å². The number of carbonyl (C=O) groups is 3. The molecule has 0 radical (unpaired) electrons. The first-order valence-corrected chi connectivity index (χ1v) is 12.6. The first kappa shape index (κ1) is 29.5. The molecule has 34 heavy (non-hydrogen) atoms. The Morgan fingerprint density at radius 2 is 1.68 bits per heavy atom. The van der Waals surface area contributed by atoms with Gasteiger partial charge in [0, 0.05) is 13.1 Å². The zero-order valence-electron chi connectivity index (χ0n) is 22.4. The van der Waals surface area contributed by atoms with Gasteiger partial charge in [-0.15, -0.1) is 0 Å². The molecule has 1 rings (SSSR count). The van der Waals surface area contributed by atoms with Gasteiger partial charge in [-0.2, -0.15) is 0 Å². The van der Waals surface area contributed by atoms with Crippen LogP contribution in [0, 0.1) is 13.8 Å². The fraction of sp³-hybridized carbons (Fsp3) is 0.667. The van der Waals surface area contributed by atoms with Crippen molar-refractivity contribution in [3.05, 3.63) is 34.9 Å². The highest BCUT2D eigenvalue weighted by Gasteiger charge is 2.35. The van der Waals surface area contributed by atoms with Crippen molar-refractivity contribution in [3.8, 4) is 0 Å². The maximum atomic E-state index is 13.6. The highest BCUT2D eigenvalue weighted by molar-refractivity contribution is 5.92. The number of rotatable bonds is 12. The first-order chi connectivity index (χ1) is 15.9. The minimum atomic E-state index is -0.841. The Morgan fingerprint density at radius 1 is 1.03 bits per heavy atom. The van der Waals surface area contributed by atoms with E-state index >= 15 is 0 Å². The summed E-state index contributed by atoms with van der Waals surface area (Å²) in [5.41, 5.74) is 2.18. The van der Waals surface area contributed by atoms with E-state index in [2.05, 4.69) is 17.6 Å². The third-order valence-electron chi connectivity index (χ3n) is 5.72. The fourth-order valence-corrected chi connectivity index (χ4v) is 3.69. The van der Waals surface area contributed by atoms with Crippen LogP contribution in [0.2, 0.25) is 0 Å². The monoisotopic (exact) mass is 475 g/mol. The Balaban J connectivity index is 3.30. The smallest absolute Gasteiger partial charge is 0.408 e. The van der Waals surface area contributed by atoms with Crippen LogP contribution in [0.5, 0.6) is 0 Å². The first-order valence-electron chi connectivity index (χ1n) is 12.6. The van der Waals surface area contributed by atoms with Crippen molar-refractivity contribution >= 4 is 17.9 Å². The minimum absolute atomic E-state index is 0.196. The van der Waals surface area contributed by atoms with Crippen LogP contribution in [0.1, 0.15) is 96.4 Å². The number of aryl methyl sites for hydroxylation is 1. The third kappa shape index (κ3) is 9.35. The number of nitrogens with one attached hydrogen (secondary N) is 2. The fourth-order valence-electron chi connectivity index (χ4n) is 3.69. The third-order valence-corrected chi connectivity index (χ3v) is 5.72. The van der Waals surface area contributed by atoms with Crippen molar-refractivity contribution in [3.63, 3.8) is 0 Å². The molecule has 0 saturated heterocycles. The minimum Gasteiger partial charge on any atom is -0.444 e. The number of benzene rings is 1. The Hall–Kier alpha value is -2.57. The Kier molecular flexibility index (Phi) is 12.1.